The van der Waals surface area contributed by atoms with Gasteiger partial charge in [0.25, 0.3) is 5.91 Å². The summed E-state index contributed by atoms with van der Waals surface area (Å²) in [6, 6.07) is 0. The van der Waals surface area contributed by atoms with Crippen molar-refractivity contribution < 1.29 is 10.0 Å². The molecule has 19 heavy (non-hydrogen) atoms. The number of nitrogens with zero attached hydrogens (tertiary/aromatic N) is 3. The molecule has 1 amide bonds. The SMILES string of the molecule is Cc1[nH]ncc1C(=O)N1CCC(C)(C(N)=NO)CC1. The smallest absolute Gasteiger partial charge is 0.257 e. The van der Waals surface area contributed by atoms with Crippen molar-refractivity contribution in [3.8, 4) is 0 Å². The lowest BCUT2D eigenvalue weighted by atomic mass is 9.79. The number of carbonyl (C=O) groups excluding carboxylic acids is 1. The summed E-state index contributed by atoms with van der Waals surface area (Å²) in [6.45, 7) is 4.96. The number of likely N-dealkylation sites (tertiary alicyclic amines) is 1. The van der Waals surface area contributed by atoms with Gasteiger partial charge in [-0.2, -0.15) is 5.10 Å². The highest BCUT2D eigenvalue weighted by atomic mass is 16.4. The molecule has 1 aliphatic rings. The van der Waals surface area contributed by atoms with E-state index in [-0.39, 0.29) is 17.2 Å². The fourth-order valence-electron chi connectivity index (χ4n) is 2.32. The highest BCUT2D eigenvalue weighted by Gasteiger charge is 2.36. The van der Waals surface area contributed by atoms with Gasteiger partial charge in [0.1, 0.15) is 5.84 Å². The van der Waals surface area contributed by atoms with E-state index in [1.165, 1.54) is 0 Å². The van der Waals surface area contributed by atoms with Crippen LogP contribution in [0.2, 0.25) is 0 Å². The van der Waals surface area contributed by atoms with E-state index >= 15 is 0 Å². The zero-order valence-corrected chi connectivity index (χ0v) is 11.2. The van der Waals surface area contributed by atoms with Crippen LogP contribution in [-0.4, -0.2) is 45.1 Å². The number of nitrogens with one attached hydrogen (secondary N) is 1. The quantitative estimate of drug-likeness (QED) is 0.317. The molecule has 7 nitrogen and oxygen atoms in total. The largest absolute Gasteiger partial charge is 0.409 e. The number of carbonyl (C=O) groups is 1. The lowest BCUT2D eigenvalue weighted by molar-refractivity contribution is 0.0666. The van der Waals surface area contributed by atoms with Crippen molar-refractivity contribution in [2.75, 3.05) is 13.1 Å². The highest BCUT2D eigenvalue weighted by Crippen LogP contribution is 2.31. The fraction of sp³-hybridized carbons (Fsp3) is 0.583. The fourth-order valence-corrected chi connectivity index (χ4v) is 2.32. The first kappa shape index (κ1) is 13.4. The van der Waals surface area contributed by atoms with Crippen molar-refractivity contribution in [3.05, 3.63) is 17.5 Å². The van der Waals surface area contributed by atoms with Crippen molar-refractivity contribution in [3.63, 3.8) is 0 Å². The summed E-state index contributed by atoms with van der Waals surface area (Å²) in [5, 5.41) is 18.5. The van der Waals surface area contributed by atoms with Crippen LogP contribution in [0.25, 0.3) is 0 Å². The Kier molecular flexibility index (Phi) is 3.46. The second-order valence-electron chi connectivity index (χ2n) is 5.25. The first-order valence-corrected chi connectivity index (χ1v) is 6.25. The molecule has 104 valence electrons. The van der Waals surface area contributed by atoms with E-state index in [0.29, 0.717) is 31.5 Å². The third kappa shape index (κ3) is 2.40. The monoisotopic (exact) mass is 265 g/mol. The van der Waals surface area contributed by atoms with E-state index in [1.807, 2.05) is 13.8 Å². The van der Waals surface area contributed by atoms with Crippen molar-refractivity contribution in [1.29, 1.82) is 0 Å². The molecule has 1 aromatic heterocycles. The lowest BCUT2D eigenvalue weighted by Gasteiger charge is -2.38. The number of nitrogens with two attached hydrogens (primary N) is 1. The minimum atomic E-state index is -0.336. The summed E-state index contributed by atoms with van der Waals surface area (Å²) in [5.74, 6) is 0.215. The number of aromatic amines is 1. The second-order valence-corrected chi connectivity index (χ2v) is 5.25. The van der Waals surface area contributed by atoms with Crippen LogP contribution in [0.3, 0.4) is 0 Å². The van der Waals surface area contributed by atoms with E-state index in [9.17, 15) is 4.79 Å². The van der Waals surface area contributed by atoms with Crippen molar-refractivity contribution >= 4 is 11.7 Å². The van der Waals surface area contributed by atoms with Gasteiger partial charge in [-0.3, -0.25) is 9.89 Å². The molecule has 0 saturated carbocycles. The van der Waals surface area contributed by atoms with Gasteiger partial charge in [-0.25, -0.2) is 0 Å². The molecule has 1 aromatic rings. The van der Waals surface area contributed by atoms with Crippen LogP contribution in [0.5, 0.6) is 0 Å². The molecule has 1 saturated heterocycles. The van der Waals surface area contributed by atoms with Crippen LogP contribution in [-0.2, 0) is 0 Å². The maximum absolute atomic E-state index is 12.3. The molecule has 2 rings (SSSR count). The summed E-state index contributed by atoms with van der Waals surface area (Å²) in [4.78, 5) is 14.1. The molecule has 0 spiro atoms. The van der Waals surface area contributed by atoms with E-state index < -0.39 is 0 Å². The van der Waals surface area contributed by atoms with Gasteiger partial charge in [0.15, 0.2) is 0 Å². The van der Waals surface area contributed by atoms with Crippen LogP contribution in [0.4, 0.5) is 0 Å². The number of hydrogen-bond acceptors (Lipinski definition) is 4. The number of oxime groups is 1. The molecule has 0 unspecified atom stereocenters. The van der Waals surface area contributed by atoms with Gasteiger partial charge in [-0.15, -0.1) is 0 Å². The third-order valence-corrected chi connectivity index (χ3v) is 3.94. The molecule has 0 aliphatic carbocycles. The molecular formula is C12H19N5O2. The maximum Gasteiger partial charge on any atom is 0.257 e. The Morgan fingerprint density at radius 1 is 1.58 bits per heavy atom. The number of piperidine rings is 1. The highest BCUT2D eigenvalue weighted by molar-refractivity contribution is 5.95. The Morgan fingerprint density at radius 2 is 2.21 bits per heavy atom. The summed E-state index contributed by atoms with van der Waals surface area (Å²) in [7, 11) is 0. The Labute approximate surface area is 111 Å². The number of H-pyrrole nitrogens is 1. The Bertz CT molecular complexity index is 500. The second kappa shape index (κ2) is 4.91. The van der Waals surface area contributed by atoms with Gasteiger partial charge >= 0.3 is 0 Å². The van der Waals surface area contributed by atoms with E-state index in [0.717, 1.165) is 5.69 Å². The summed E-state index contributed by atoms with van der Waals surface area (Å²) in [6.07, 6.45) is 2.92. The summed E-state index contributed by atoms with van der Waals surface area (Å²) < 4.78 is 0. The van der Waals surface area contributed by atoms with Crippen LogP contribution in [0.15, 0.2) is 11.4 Å². The van der Waals surface area contributed by atoms with Gasteiger partial charge in [-0.1, -0.05) is 12.1 Å². The first-order valence-electron chi connectivity index (χ1n) is 6.25. The number of hydrogen-bond donors (Lipinski definition) is 3. The first-order chi connectivity index (χ1) is 8.98. The van der Waals surface area contributed by atoms with Gasteiger partial charge in [-0.05, 0) is 19.8 Å². The van der Waals surface area contributed by atoms with E-state index in [4.69, 9.17) is 10.9 Å². The molecule has 4 N–H and O–H groups in total. The number of rotatable bonds is 2. The zero-order valence-electron chi connectivity index (χ0n) is 11.2. The van der Waals surface area contributed by atoms with Gasteiger partial charge in [0, 0.05) is 24.2 Å². The molecule has 0 atom stereocenters. The Morgan fingerprint density at radius 3 is 2.68 bits per heavy atom. The van der Waals surface area contributed by atoms with Crippen LogP contribution in [0.1, 0.15) is 35.8 Å². The van der Waals surface area contributed by atoms with Crippen LogP contribution in [0, 0.1) is 12.3 Å². The minimum absolute atomic E-state index is 0.0205. The number of aryl methyl sites for hydroxylation is 1. The molecular weight excluding hydrogens is 246 g/mol. The Hall–Kier alpha value is -2.05. The maximum atomic E-state index is 12.3. The Balaban J connectivity index is 2.05. The third-order valence-electron chi connectivity index (χ3n) is 3.94. The number of aromatic nitrogens is 2. The number of amidine groups is 1. The predicted octanol–water partition coefficient (Wildman–Crippen LogP) is 0.707. The van der Waals surface area contributed by atoms with Crippen LogP contribution < -0.4 is 5.73 Å². The number of amides is 1. The molecule has 1 fully saturated rings. The van der Waals surface area contributed by atoms with Crippen molar-refractivity contribution in [2.24, 2.45) is 16.3 Å². The van der Waals surface area contributed by atoms with E-state index in [2.05, 4.69) is 15.4 Å². The lowest BCUT2D eigenvalue weighted by Crippen LogP contribution is -2.47. The topological polar surface area (TPSA) is 108 Å². The molecule has 0 bridgehead atoms. The minimum Gasteiger partial charge on any atom is -0.409 e. The van der Waals surface area contributed by atoms with Gasteiger partial charge < -0.3 is 15.8 Å². The average molecular weight is 265 g/mol. The molecule has 0 radical (unpaired) electrons. The molecule has 0 aromatic carbocycles. The standard InChI is InChI=1S/C12H19N5O2/c1-8-9(7-14-15-8)10(18)17-5-3-12(2,4-6-17)11(13)16-19/h7,19H,3-6H2,1-2H3,(H2,13,16)(H,14,15). The predicted molar refractivity (Wildman–Crippen MR) is 70.0 cm³/mol. The van der Waals surface area contributed by atoms with Crippen molar-refractivity contribution in [1.82, 2.24) is 15.1 Å². The van der Waals surface area contributed by atoms with Crippen molar-refractivity contribution in [2.45, 2.75) is 26.7 Å². The van der Waals surface area contributed by atoms with Gasteiger partial charge in [0.2, 0.25) is 0 Å². The zero-order chi connectivity index (χ0) is 14.0. The molecule has 7 heteroatoms. The summed E-state index contributed by atoms with van der Waals surface area (Å²) >= 11 is 0. The average Bonchev–Trinajstić information content (AvgIpc) is 2.84. The molecule has 1 aliphatic heterocycles. The molecule has 2 heterocycles. The van der Waals surface area contributed by atoms with E-state index in [1.54, 1.807) is 11.1 Å². The van der Waals surface area contributed by atoms with Crippen LogP contribution >= 0.6 is 0 Å². The normalized spacial score (nSPS) is 19.5. The van der Waals surface area contributed by atoms with Gasteiger partial charge in [0.05, 0.1) is 11.8 Å². The summed E-state index contributed by atoms with van der Waals surface area (Å²) in [5.41, 5.74) is 6.74.